The number of azide groups is 1. The molecule has 0 N–H and O–H groups in total. The molecule has 15 atom stereocenters. The number of ether oxygens (including phenoxy) is 16. The third-order valence-corrected chi connectivity index (χ3v) is 19.0. The van der Waals surface area contributed by atoms with Crippen LogP contribution in [0.25, 0.3) is 21.6 Å². The van der Waals surface area contributed by atoms with E-state index in [9.17, 15) is 15.1 Å². The molecule has 0 aromatic heterocycles. The van der Waals surface area contributed by atoms with Crippen LogP contribution in [0.15, 0.2) is 266 Å². The fraction of sp³-hybridized carbons (Fsp3) is 0.333. The van der Waals surface area contributed by atoms with Gasteiger partial charge in [0, 0.05) is 17.9 Å². The second kappa shape index (κ2) is 37.5. The lowest BCUT2D eigenvalue weighted by atomic mass is 9.94. The molecule has 0 spiro atoms. The maximum absolute atomic E-state index is 14.9. The summed E-state index contributed by atoms with van der Waals surface area (Å²) in [5, 5.41) is 4.37. The number of methoxy groups -OCH3 is 2. The van der Waals surface area contributed by atoms with Gasteiger partial charge in [0.05, 0.1) is 60.0 Å². The zero-order valence-corrected chi connectivity index (χ0v) is 58.3. The molecule has 105 heavy (non-hydrogen) atoms. The monoisotopic (exact) mass is 1420 g/mol. The van der Waals surface area contributed by atoms with Crippen molar-refractivity contribution in [3.05, 3.63) is 321 Å². The summed E-state index contributed by atoms with van der Waals surface area (Å²) in [7, 11) is 2.72. The summed E-state index contributed by atoms with van der Waals surface area (Å²) >= 11 is 0. The Labute approximate surface area is 610 Å². The van der Waals surface area contributed by atoms with Crippen molar-refractivity contribution in [1.29, 1.82) is 0 Å². The third-order valence-electron chi connectivity index (χ3n) is 19.0. The number of benzene rings is 9. The van der Waals surface area contributed by atoms with E-state index in [4.69, 9.17) is 75.8 Å². The molecule has 3 fully saturated rings. The zero-order valence-electron chi connectivity index (χ0n) is 58.3. The Morgan fingerprint density at radius 1 is 0.362 bits per heavy atom. The quantitative estimate of drug-likeness (QED) is 0.0161. The molecule has 4 aliphatic rings. The molecule has 544 valence electrons. The van der Waals surface area contributed by atoms with E-state index in [0.717, 1.165) is 61.2 Å². The summed E-state index contributed by atoms with van der Waals surface area (Å²) in [5.41, 5.74) is 20.7. The normalized spacial score (nSPS) is 24.9. The van der Waals surface area contributed by atoms with Crippen LogP contribution in [-0.4, -0.2) is 138 Å². The highest BCUT2D eigenvalue weighted by molar-refractivity contribution is 5.79. The van der Waals surface area contributed by atoms with Gasteiger partial charge in [0.15, 0.2) is 25.0 Å². The SMILES string of the molecule is COC(=O)[C@H]1O[C@@H](OC[C@H]2O[C@H](OC)[C@H](OCc3ccccc3)[C@@H](OCc3ccccc3)[C@@H]2OCc2ccccc2)[C@@H](N=[N+]=[N-])[C@@H](OCc2ccccc2)[C@@H]1O[C@H]1O[C@H](COC(=O)OCC2c3ccccc3-c3ccccc32)[C@@H](OCc2ccccc2)[C@H](OCc2ccccc2)[C@H]1OCc1ccccc1. The summed E-state index contributed by atoms with van der Waals surface area (Å²) in [6, 6.07) is 81.7. The number of carbonyl (C=O) groups excluding carboxylic acids is 2. The molecule has 3 aliphatic heterocycles. The molecule has 9 aromatic rings. The number of nitrogens with zero attached hydrogens (tertiary/aromatic N) is 3. The van der Waals surface area contributed by atoms with E-state index in [1.165, 1.54) is 14.2 Å². The fourth-order valence-corrected chi connectivity index (χ4v) is 13.7. The van der Waals surface area contributed by atoms with Crippen molar-refractivity contribution in [2.24, 2.45) is 5.11 Å². The predicted octanol–water partition coefficient (Wildman–Crippen LogP) is 14.1. The van der Waals surface area contributed by atoms with Crippen LogP contribution >= 0.6 is 0 Å². The minimum absolute atomic E-state index is 0.000314. The molecular weight excluding hydrogens is 1340 g/mol. The lowest BCUT2D eigenvalue weighted by Gasteiger charge is -2.49. The van der Waals surface area contributed by atoms with Crippen LogP contribution in [0.4, 0.5) is 4.79 Å². The Morgan fingerprint density at radius 2 is 0.705 bits per heavy atom. The van der Waals surface area contributed by atoms with Gasteiger partial charge in [-0.25, -0.2) is 9.59 Å². The van der Waals surface area contributed by atoms with Gasteiger partial charge in [0.25, 0.3) is 0 Å². The topological polar surface area (TPSA) is 231 Å². The predicted molar refractivity (Wildman–Crippen MR) is 385 cm³/mol. The van der Waals surface area contributed by atoms with Gasteiger partial charge in [-0.15, -0.1) is 0 Å². The summed E-state index contributed by atoms with van der Waals surface area (Å²) in [5.74, 6) is -1.18. The van der Waals surface area contributed by atoms with Gasteiger partial charge in [0.1, 0.15) is 80.3 Å². The number of hydrogen-bond donors (Lipinski definition) is 0. The van der Waals surface area contributed by atoms with Crippen LogP contribution in [0, 0.1) is 0 Å². The summed E-state index contributed by atoms with van der Waals surface area (Å²) in [6.07, 6.45) is -18.2. The van der Waals surface area contributed by atoms with Gasteiger partial charge < -0.3 is 75.8 Å². The van der Waals surface area contributed by atoms with Crippen LogP contribution in [0.5, 0.6) is 0 Å². The van der Waals surface area contributed by atoms with Crippen molar-refractivity contribution in [2.75, 3.05) is 34.0 Å². The van der Waals surface area contributed by atoms with E-state index in [2.05, 4.69) is 22.2 Å². The van der Waals surface area contributed by atoms with E-state index < -0.39 is 111 Å². The van der Waals surface area contributed by atoms with E-state index in [0.29, 0.717) is 0 Å². The molecule has 0 bridgehead atoms. The van der Waals surface area contributed by atoms with E-state index in [-0.39, 0.29) is 65.4 Å². The first-order valence-electron chi connectivity index (χ1n) is 35.2. The number of hydrogen-bond acceptors (Lipinski definition) is 19. The molecule has 0 saturated carbocycles. The van der Waals surface area contributed by atoms with Gasteiger partial charge in [-0.3, -0.25) is 0 Å². The first-order valence-corrected chi connectivity index (χ1v) is 35.2. The first-order chi connectivity index (χ1) is 51.8. The summed E-state index contributed by atoms with van der Waals surface area (Å²) in [6.45, 7) is -0.333. The molecule has 9 aromatic carbocycles. The second-order valence-electron chi connectivity index (χ2n) is 25.8. The van der Waals surface area contributed by atoms with Crippen molar-refractivity contribution in [3.8, 4) is 11.1 Å². The van der Waals surface area contributed by atoms with Gasteiger partial charge >= 0.3 is 12.1 Å². The Bertz CT molecular complexity index is 4130. The maximum atomic E-state index is 14.9. The average molecular weight is 1420 g/mol. The Balaban J connectivity index is 0.847. The molecule has 21 nitrogen and oxygen atoms in total. The highest BCUT2D eigenvalue weighted by atomic mass is 16.8. The molecule has 13 rings (SSSR count). The van der Waals surface area contributed by atoms with Gasteiger partial charge in [-0.2, -0.15) is 0 Å². The molecule has 21 heteroatoms. The van der Waals surface area contributed by atoms with Crippen molar-refractivity contribution < 1.29 is 85.4 Å². The number of esters is 1. The highest BCUT2D eigenvalue weighted by Gasteiger charge is 2.57. The van der Waals surface area contributed by atoms with Crippen LogP contribution in [0.3, 0.4) is 0 Å². The zero-order chi connectivity index (χ0) is 71.9. The van der Waals surface area contributed by atoms with Crippen molar-refractivity contribution in [2.45, 2.75) is 144 Å². The van der Waals surface area contributed by atoms with Crippen molar-refractivity contribution in [3.63, 3.8) is 0 Å². The Morgan fingerprint density at radius 3 is 1.10 bits per heavy atom. The summed E-state index contributed by atoms with van der Waals surface area (Å²) in [4.78, 5) is 32.6. The van der Waals surface area contributed by atoms with Crippen LogP contribution in [0.1, 0.15) is 56.0 Å². The molecule has 3 saturated heterocycles. The minimum Gasteiger partial charge on any atom is -0.467 e. The second-order valence-corrected chi connectivity index (χ2v) is 25.8. The lowest BCUT2D eigenvalue weighted by Crippen LogP contribution is -2.67. The van der Waals surface area contributed by atoms with Gasteiger partial charge in [0.2, 0.25) is 0 Å². The van der Waals surface area contributed by atoms with E-state index in [1.807, 2.05) is 249 Å². The molecular formula is C84H85N3O18. The van der Waals surface area contributed by atoms with Crippen molar-refractivity contribution in [1.82, 2.24) is 0 Å². The molecule has 1 aliphatic carbocycles. The van der Waals surface area contributed by atoms with Crippen LogP contribution in [-0.2, 0) is 127 Å². The molecule has 3 heterocycles. The number of fused-ring (bicyclic) bond motifs is 3. The minimum atomic E-state index is -1.72. The van der Waals surface area contributed by atoms with Gasteiger partial charge in [-0.1, -0.05) is 266 Å². The largest absolute Gasteiger partial charge is 0.508 e. The highest BCUT2D eigenvalue weighted by Crippen LogP contribution is 2.45. The summed E-state index contributed by atoms with van der Waals surface area (Å²) < 4.78 is 108. The third kappa shape index (κ3) is 19.2. The fourth-order valence-electron chi connectivity index (χ4n) is 13.7. The Kier molecular flexibility index (Phi) is 26.3. The maximum Gasteiger partial charge on any atom is 0.508 e. The molecule has 0 amide bonds. The van der Waals surface area contributed by atoms with Crippen LogP contribution < -0.4 is 0 Å². The molecule has 0 radical (unpaired) electrons. The number of rotatable bonds is 33. The van der Waals surface area contributed by atoms with E-state index >= 15 is 0 Å². The van der Waals surface area contributed by atoms with Crippen LogP contribution in [0.2, 0.25) is 0 Å². The van der Waals surface area contributed by atoms with E-state index in [1.54, 1.807) is 0 Å². The first kappa shape index (κ1) is 73.8. The Hall–Kier alpha value is -9.49. The smallest absolute Gasteiger partial charge is 0.467 e. The lowest BCUT2D eigenvalue weighted by molar-refractivity contribution is -0.363. The van der Waals surface area contributed by atoms with Crippen molar-refractivity contribution >= 4 is 12.1 Å². The van der Waals surface area contributed by atoms with Gasteiger partial charge in [-0.05, 0) is 66.7 Å². The average Bonchev–Trinajstić information content (AvgIpc) is 1.72. The molecule has 0 unspecified atom stereocenters. The number of carbonyl (C=O) groups is 2. The standard InChI is InChI=1S/C84H85N3O18/c1-90-80(88)77-76(73(94-48-58-32-14-5-15-33-58)70(86-87-85)81(105-77)99-54-68-71(92-46-56-28-10-3-11-29-56)74(95-49-59-34-16-6-17-35-59)78(82(91-2)102-68)97-51-61-38-20-8-21-39-61)104-83-79(98-52-62-40-22-9-23-41-62)75(96-50-60-36-18-7-19-37-60)72(93-47-57-30-12-4-13-31-57)69(103-83)55-101-84(89)100-53-67-65-44-26-24-42-63(65)64-43-25-27-45-66(64)67/h3-45,67-79,81-83H,46-55H2,1-2H3/t68-,69-,70+,71-,72-,73-,74+,75+,76+,77+,78-,79-,81-,82+,83-/m1/s1.